The second-order valence-electron chi connectivity index (χ2n) is 7.47. The predicted octanol–water partition coefficient (Wildman–Crippen LogP) is 5.07. The van der Waals surface area contributed by atoms with Crippen LogP contribution in [-0.2, 0) is 12.8 Å². The molecule has 4 heteroatoms. The van der Waals surface area contributed by atoms with Crippen LogP contribution in [0, 0.1) is 0 Å². The van der Waals surface area contributed by atoms with Gasteiger partial charge in [0, 0.05) is 23.6 Å². The minimum Gasteiger partial charge on any atom is -0.507 e. The summed E-state index contributed by atoms with van der Waals surface area (Å²) in [5, 5.41) is 20.2. The SMILES string of the molecule is CCc1ccc(O)c(C=NC2CCCCC2N=Cc2cc(CC)ccc2O)c1. The molecule has 1 saturated carbocycles. The lowest BCUT2D eigenvalue weighted by Gasteiger charge is -2.25. The molecule has 3 rings (SSSR count). The van der Waals surface area contributed by atoms with Crippen LogP contribution >= 0.6 is 0 Å². The van der Waals surface area contributed by atoms with Crippen molar-refractivity contribution in [2.75, 3.05) is 0 Å². The molecular formula is C24H30N2O2. The number of aromatic hydroxyl groups is 2. The van der Waals surface area contributed by atoms with Crippen molar-refractivity contribution in [2.45, 2.75) is 64.5 Å². The van der Waals surface area contributed by atoms with E-state index >= 15 is 0 Å². The number of phenolic OH excluding ortho intramolecular Hbond substituents is 2. The highest BCUT2D eigenvalue weighted by molar-refractivity contribution is 5.84. The standard InChI is InChI=1S/C24H30N2O2/c1-3-17-9-11-23(27)19(13-17)15-25-21-7-5-6-8-22(21)26-16-20-14-18(4-2)10-12-24(20)28/h9-16,21-22,27-28H,3-8H2,1-2H3. The van der Waals surface area contributed by atoms with Crippen LogP contribution in [0.25, 0.3) is 0 Å². The van der Waals surface area contributed by atoms with E-state index in [1.165, 1.54) is 11.1 Å². The first kappa shape index (κ1) is 20.1. The Hall–Kier alpha value is -2.62. The Kier molecular flexibility index (Phi) is 6.85. The summed E-state index contributed by atoms with van der Waals surface area (Å²) in [5.74, 6) is 0.524. The molecule has 2 N–H and O–H groups in total. The van der Waals surface area contributed by atoms with Crippen LogP contribution < -0.4 is 0 Å². The zero-order valence-corrected chi connectivity index (χ0v) is 16.8. The van der Waals surface area contributed by atoms with Gasteiger partial charge in [-0.25, -0.2) is 0 Å². The molecule has 0 aromatic heterocycles. The Morgan fingerprint density at radius 3 is 1.61 bits per heavy atom. The van der Waals surface area contributed by atoms with E-state index in [0.717, 1.165) is 49.7 Å². The zero-order chi connectivity index (χ0) is 19.9. The van der Waals surface area contributed by atoms with Crippen molar-refractivity contribution in [3.63, 3.8) is 0 Å². The van der Waals surface area contributed by atoms with Crippen LogP contribution in [0.2, 0.25) is 0 Å². The predicted molar refractivity (Wildman–Crippen MR) is 116 cm³/mol. The van der Waals surface area contributed by atoms with Crippen molar-refractivity contribution in [3.8, 4) is 11.5 Å². The second-order valence-corrected chi connectivity index (χ2v) is 7.47. The Bertz CT molecular complexity index is 786. The van der Waals surface area contributed by atoms with Crippen molar-refractivity contribution in [2.24, 2.45) is 9.98 Å². The number of aryl methyl sites for hydroxylation is 2. The quantitative estimate of drug-likeness (QED) is 0.689. The number of hydrogen-bond donors (Lipinski definition) is 2. The molecule has 2 aromatic carbocycles. The maximum Gasteiger partial charge on any atom is 0.124 e. The van der Waals surface area contributed by atoms with Crippen LogP contribution in [0.5, 0.6) is 11.5 Å². The molecule has 1 aliphatic carbocycles. The lowest BCUT2D eigenvalue weighted by molar-refractivity contribution is 0.390. The maximum absolute atomic E-state index is 10.1. The number of hydrogen-bond acceptors (Lipinski definition) is 4. The highest BCUT2D eigenvalue weighted by atomic mass is 16.3. The van der Waals surface area contributed by atoms with Crippen molar-refractivity contribution < 1.29 is 10.2 Å². The molecule has 148 valence electrons. The van der Waals surface area contributed by atoms with Gasteiger partial charge in [0.25, 0.3) is 0 Å². The van der Waals surface area contributed by atoms with Crippen LogP contribution in [0.3, 0.4) is 0 Å². The van der Waals surface area contributed by atoms with Crippen molar-refractivity contribution in [1.82, 2.24) is 0 Å². The minimum atomic E-state index is 0.103. The molecule has 0 bridgehead atoms. The highest BCUT2D eigenvalue weighted by Gasteiger charge is 2.23. The fourth-order valence-electron chi connectivity index (χ4n) is 3.65. The Balaban J connectivity index is 1.77. The van der Waals surface area contributed by atoms with Gasteiger partial charge in [0.2, 0.25) is 0 Å². The summed E-state index contributed by atoms with van der Waals surface area (Å²) < 4.78 is 0. The number of phenols is 2. The molecule has 0 radical (unpaired) electrons. The number of rotatable bonds is 6. The second kappa shape index (κ2) is 9.54. The van der Waals surface area contributed by atoms with Gasteiger partial charge in [-0.15, -0.1) is 0 Å². The molecule has 28 heavy (non-hydrogen) atoms. The first-order valence-corrected chi connectivity index (χ1v) is 10.3. The number of aliphatic imine (C=N–C) groups is 2. The average Bonchev–Trinajstić information content (AvgIpc) is 2.73. The van der Waals surface area contributed by atoms with Crippen molar-refractivity contribution in [1.29, 1.82) is 0 Å². The molecule has 2 unspecified atom stereocenters. The highest BCUT2D eigenvalue weighted by Crippen LogP contribution is 2.26. The van der Waals surface area contributed by atoms with Gasteiger partial charge < -0.3 is 10.2 Å². The van der Waals surface area contributed by atoms with Crippen molar-refractivity contribution in [3.05, 3.63) is 58.7 Å². The van der Waals surface area contributed by atoms with E-state index in [9.17, 15) is 10.2 Å². The van der Waals surface area contributed by atoms with Crippen LogP contribution in [0.4, 0.5) is 0 Å². The van der Waals surface area contributed by atoms with E-state index in [1.54, 1.807) is 24.6 Å². The van der Waals surface area contributed by atoms with E-state index in [4.69, 9.17) is 9.98 Å². The molecular weight excluding hydrogens is 348 g/mol. The molecule has 4 nitrogen and oxygen atoms in total. The normalized spacial score (nSPS) is 20.2. The first-order chi connectivity index (χ1) is 13.6. The van der Waals surface area contributed by atoms with Crippen LogP contribution in [0.15, 0.2) is 46.4 Å². The Morgan fingerprint density at radius 2 is 1.21 bits per heavy atom. The summed E-state index contributed by atoms with van der Waals surface area (Å²) in [6.07, 6.45) is 9.72. The molecule has 1 fully saturated rings. The lowest BCUT2D eigenvalue weighted by Crippen LogP contribution is -2.27. The van der Waals surface area contributed by atoms with Gasteiger partial charge >= 0.3 is 0 Å². The van der Waals surface area contributed by atoms with Crippen LogP contribution in [-0.4, -0.2) is 34.7 Å². The van der Waals surface area contributed by atoms with Gasteiger partial charge in [0.1, 0.15) is 11.5 Å². The van der Waals surface area contributed by atoms with Crippen LogP contribution in [0.1, 0.15) is 61.8 Å². The van der Waals surface area contributed by atoms with E-state index in [-0.39, 0.29) is 23.6 Å². The minimum absolute atomic E-state index is 0.103. The van der Waals surface area contributed by atoms with E-state index < -0.39 is 0 Å². The summed E-state index contributed by atoms with van der Waals surface area (Å²) in [6, 6.07) is 11.6. The van der Waals surface area contributed by atoms with Gasteiger partial charge in [-0.3, -0.25) is 9.98 Å². The fourth-order valence-corrected chi connectivity index (χ4v) is 3.65. The summed E-state index contributed by atoms with van der Waals surface area (Å²) in [4.78, 5) is 9.56. The van der Waals surface area contributed by atoms with Gasteiger partial charge in [0.05, 0.1) is 12.1 Å². The summed E-state index contributed by atoms with van der Waals surface area (Å²) in [6.45, 7) is 4.20. The lowest BCUT2D eigenvalue weighted by atomic mass is 9.91. The molecule has 0 amide bonds. The maximum atomic E-state index is 10.1. The topological polar surface area (TPSA) is 65.2 Å². The van der Waals surface area contributed by atoms with E-state index in [1.807, 2.05) is 24.3 Å². The van der Waals surface area contributed by atoms with Gasteiger partial charge in [-0.2, -0.15) is 0 Å². The molecule has 2 aromatic rings. The summed E-state index contributed by atoms with van der Waals surface area (Å²) in [7, 11) is 0. The fraction of sp³-hybridized carbons (Fsp3) is 0.417. The third kappa shape index (κ3) is 5.00. The van der Waals surface area contributed by atoms with E-state index in [2.05, 4.69) is 13.8 Å². The van der Waals surface area contributed by atoms with Gasteiger partial charge in [0.15, 0.2) is 0 Å². The third-order valence-corrected chi connectivity index (χ3v) is 5.50. The molecule has 0 aliphatic heterocycles. The zero-order valence-electron chi connectivity index (χ0n) is 16.8. The Labute approximate surface area is 167 Å². The smallest absolute Gasteiger partial charge is 0.124 e. The summed E-state index contributed by atoms with van der Waals surface area (Å²) >= 11 is 0. The largest absolute Gasteiger partial charge is 0.507 e. The molecule has 2 atom stereocenters. The monoisotopic (exact) mass is 378 g/mol. The molecule has 0 spiro atoms. The first-order valence-electron chi connectivity index (χ1n) is 10.3. The number of benzene rings is 2. The molecule has 0 heterocycles. The van der Waals surface area contributed by atoms with Gasteiger partial charge in [-0.05, 0) is 61.1 Å². The van der Waals surface area contributed by atoms with E-state index in [0.29, 0.717) is 0 Å². The average molecular weight is 379 g/mol. The van der Waals surface area contributed by atoms with Crippen molar-refractivity contribution >= 4 is 12.4 Å². The third-order valence-electron chi connectivity index (χ3n) is 5.50. The number of nitrogens with zero attached hydrogens (tertiary/aromatic N) is 2. The molecule has 1 aliphatic rings. The Morgan fingerprint density at radius 1 is 0.786 bits per heavy atom. The summed E-state index contributed by atoms with van der Waals surface area (Å²) in [5.41, 5.74) is 3.90. The van der Waals surface area contributed by atoms with Gasteiger partial charge in [-0.1, -0.05) is 38.8 Å². The molecule has 0 saturated heterocycles.